The second kappa shape index (κ2) is 8.42. The van der Waals surface area contributed by atoms with Gasteiger partial charge in [-0.3, -0.25) is 4.90 Å². The molecule has 1 fully saturated rings. The average molecular weight is 390 g/mol. The highest BCUT2D eigenvalue weighted by Crippen LogP contribution is 2.23. The van der Waals surface area contributed by atoms with E-state index in [0.717, 1.165) is 19.4 Å². The number of likely N-dealkylation sites (tertiary alicyclic amines) is 1. The summed E-state index contributed by atoms with van der Waals surface area (Å²) in [6, 6.07) is 14.0. The van der Waals surface area contributed by atoms with Gasteiger partial charge in [-0.15, -0.1) is 0 Å². The Hall–Kier alpha value is -1.89. The van der Waals surface area contributed by atoms with E-state index in [9.17, 15) is 18.6 Å². The van der Waals surface area contributed by atoms with Crippen LogP contribution in [0.5, 0.6) is 5.75 Å². The Kier molecular flexibility index (Phi) is 6.19. The Balaban J connectivity index is 1.52. The molecule has 3 rings (SSSR count). The van der Waals surface area contributed by atoms with Gasteiger partial charge < -0.3 is 10.2 Å². The molecule has 0 amide bonds. The minimum absolute atomic E-state index is 0.00707. The normalized spacial score (nSPS) is 21.3. The van der Waals surface area contributed by atoms with E-state index in [1.807, 2.05) is 4.90 Å². The zero-order chi connectivity index (χ0) is 19.4. The van der Waals surface area contributed by atoms with Gasteiger partial charge in [-0.05, 0) is 62.1 Å². The van der Waals surface area contributed by atoms with E-state index in [2.05, 4.69) is 31.2 Å². The van der Waals surface area contributed by atoms with Crippen molar-refractivity contribution in [2.45, 2.75) is 30.8 Å². The average Bonchev–Trinajstić information content (AvgIpc) is 2.64. The monoisotopic (exact) mass is 389 g/mol. The summed E-state index contributed by atoms with van der Waals surface area (Å²) in [6.07, 6.45) is 1.26. The molecule has 1 heterocycles. The molecule has 0 aromatic heterocycles. The van der Waals surface area contributed by atoms with Gasteiger partial charge in [0, 0.05) is 13.1 Å². The number of sulfone groups is 1. The van der Waals surface area contributed by atoms with E-state index in [0.29, 0.717) is 13.1 Å². The molecule has 0 saturated carbocycles. The van der Waals surface area contributed by atoms with Crippen LogP contribution in [-0.4, -0.2) is 55.0 Å². The van der Waals surface area contributed by atoms with Crippen molar-refractivity contribution in [2.75, 3.05) is 25.4 Å². The Morgan fingerprint density at radius 2 is 1.74 bits per heavy atom. The smallest absolute Gasteiger partial charge is 0.179 e. The summed E-state index contributed by atoms with van der Waals surface area (Å²) in [7, 11) is -3.39. The maximum Gasteiger partial charge on any atom is 0.179 e. The predicted octanol–water partition coefficient (Wildman–Crippen LogP) is 2.40. The quantitative estimate of drug-likeness (QED) is 0.793. The molecule has 0 bridgehead atoms. The summed E-state index contributed by atoms with van der Waals surface area (Å²) in [5, 5.41) is 19.8. The molecule has 2 unspecified atom stereocenters. The highest BCUT2D eigenvalue weighted by atomic mass is 32.2. The number of nitrogens with zero attached hydrogens (tertiary/aromatic N) is 1. The van der Waals surface area contributed by atoms with Crippen LogP contribution in [0, 0.1) is 12.8 Å². The fourth-order valence-corrected chi connectivity index (χ4v) is 4.82. The van der Waals surface area contributed by atoms with Crippen LogP contribution in [0.2, 0.25) is 0 Å². The number of hydrogen-bond donors (Lipinski definition) is 2. The molecule has 2 atom stereocenters. The molecule has 0 aliphatic carbocycles. The van der Waals surface area contributed by atoms with Gasteiger partial charge in [-0.1, -0.05) is 29.8 Å². The van der Waals surface area contributed by atoms with Crippen molar-refractivity contribution in [2.24, 2.45) is 5.92 Å². The van der Waals surface area contributed by atoms with Gasteiger partial charge in [0.15, 0.2) is 9.84 Å². The number of β-amino-alcohol motifs (C(OH)–C–C–N with tert-alkyl or cyclic N) is 1. The molecule has 146 valence electrons. The molecular formula is C21H27NO4S. The summed E-state index contributed by atoms with van der Waals surface area (Å²) in [5.74, 6) is 0.262. The van der Waals surface area contributed by atoms with Gasteiger partial charge in [0.2, 0.25) is 0 Å². The molecular weight excluding hydrogens is 362 g/mol. The minimum atomic E-state index is -3.39. The number of aryl methyl sites for hydroxylation is 1. The number of piperidine rings is 1. The largest absolute Gasteiger partial charge is 0.508 e. The SMILES string of the molecule is Cc1ccc(CC2CCN(CCS(=O)(=O)c3ccc(O)cc3)CC2O)cc1. The van der Waals surface area contributed by atoms with Crippen LogP contribution in [0.3, 0.4) is 0 Å². The fourth-order valence-electron chi connectivity index (χ4n) is 3.53. The van der Waals surface area contributed by atoms with Crippen molar-refractivity contribution in [3.63, 3.8) is 0 Å². The van der Waals surface area contributed by atoms with E-state index >= 15 is 0 Å². The summed E-state index contributed by atoms with van der Waals surface area (Å²) in [5.41, 5.74) is 2.46. The van der Waals surface area contributed by atoms with Gasteiger partial charge >= 0.3 is 0 Å². The molecule has 27 heavy (non-hydrogen) atoms. The maximum absolute atomic E-state index is 12.4. The Morgan fingerprint density at radius 3 is 2.37 bits per heavy atom. The van der Waals surface area contributed by atoms with Crippen molar-refractivity contribution < 1.29 is 18.6 Å². The third-order valence-electron chi connectivity index (χ3n) is 5.30. The summed E-state index contributed by atoms with van der Waals surface area (Å²) in [4.78, 5) is 2.24. The number of aliphatic hydroxyl groups excluding tert-OH is 1. The lowest BCUT2D eigenvalue weighted by molar-refractivity contribution is 0.0245. The zero-order valence-corrected chi connectivity index (χ0v) is 16.4. The summed E-state index contributed by atoms with van der Waals surface area (Å²) < 4.78 is 24.9. The second-order valence-electron chi connectivity index (χ2n) is 7.42. The van der Waals surface area contributed by atoms with Crippen LogP contribution in [-0.2, 0) is 16.3 Å². The first-order valence-corrected chi connectivity index (χ1v) is 11.0. The third-order valence-corrected chi connectivity index (χ3v) is 7.01. The summed E-state index contributed by atoms with van der Waals surface area (Å²) in [6.45, 7) is 3.75. The fraction of sp³-hybridized carbons (Fsp3) is 0.429. The van der Waals surface area contributed by atoms with Crippen LogP contribution in [0.4, 0.5) is 0 Å². The van der Waals surface area contributed by atoms with Crippen LogP contribution in [0.1, 0.15) is 17.5 Å². The predicted molar refractivity (Wildman–Crippen MR) is 106 cm³/mol. The number of rotatable bonds is 6. The number of aromatic hydroxyl groups is 1. The van der Waals surface area contributed by atoms with E-state index in [4.69, 9.17) is 0 Å². The molecule has 0 radical (unpaired) electrons. The zero-order valence-electron chi connectivity index (χ0n) is 15.6. The topological polar surface area (TPSA) is 77.8 Å². The van der Waals surface area contributed by atoms with Crippen molar-refractivity contribution in [3.05, 3.63) is 59.7 Å². The van der Waals surface area contributed by atoms with E-state index in [1.165, 1.54) is 35.4 Å². The van der Waals surface area contributed by atoms with Crippen molar-refractivity contribution >= 4 is 9.84 Å². The Morgan fingerprint density at radius 1 is 1.07 bits per heavy atom. The number of benzene rings is 2. The third kappa shape index (κ3) is 5.31. The minimum Gasteiger partial charge on any atom is -0.508 e. The Bertz CT molecular complexity index is 847. The molecule has 2 aromatic carbocycles. The molecule has 5 nitrogen and oxygen atoms in total. The van der Waals surface area contributed by atoms with E-state index in [-0.39, 0.29) is 22.3 Å². The van der Waals surface area contributed by atoms with Gasteiger partial charge in [0.25, 0.3) is 0 Å². The van der Waals surface area contributed by atoms with E-state index < -0.39 is 15.9 Å². The lowest BCUT2D eigenvalue weighted by Crippen LogP contribution is -2.46. The van der Waals surface area contributed by atoms with Crippen molar-refractivity contribution in [3.8, 4) is 5.75 Å². The first kappa shape index (κ1) is 19.9. The molecule has 1 aliphatic rings. The van der Waals surface area contributed by atoms with Crippen molar-refractivity contribution in [1.29, 1.82) is 0 Å². The summed E-state index contributed by atoms with van der Waals surface area (Å²) >= 11 is 0. The number of phenols is 1. The van der Waals surface area contributed by atoms with Crippen molar-refractivity contribution in [1.82, 2.24) is 4.90 Å². The Labute approximate surface area is 161 Å². The highest BCUT2D eigenvalue weighted by molar-refractivity contribution is 7.91. The first-order chi connectivity index (χ1) is 12.8. The first-order valence-electron chi connectivity index (χ1n) is 9.31. The van der Waals surface area contributed by atoms with Crippen LogP contribution >= 0.6 is 0 Å². The lowest BCUT2D eigenvalue weighted by Gasteiger charge is -2.36. The molecule has 2 aromatic rings. The van der Waals surface area contributed by atoms with Gasteiger partial charge in [-0.25, -0.2) is 8.42 Å². The lowest BCUT2D eigenvalue weighted by atomic mass is 9.87. The number of aliphatic hydroxyl groups is 1. The number of phenolic OH excluding ortho intramolecular Hbond substituents is 1. The van der Waals surface area contributed by atoms with Crippen LogP contribution < -0.4 is 0 Å². The highest BCUT2D eigenvalue weighted by Gasteiger charge is 2.28. The second-order valence-corrected chi connectivity index (χ2v) is 9.53. The molecule has 0 spiro atoms. The maximum atomic E-state index is 12.4. The standard InChI is InChI=1S/C21H27NO4S/c1-16-2-4-17(5-3-16)14-18-10-11-22(15-21(18)24)12-13-27(25,26)20-8-6-19(23)7-9-20/h2-9,18,21,23-24H,10-15H2,1H3. The van der Waals surface area contributed by atoms with Gasteiger partial charge in [-0.2, -0.15) is 0 Å². The van der Waals surface area contributed by atoms with Gasteiger partial charge in [0.05, 0.1) is 16.8 Å². The molecule has 6 heteroatoms. The molecule has 1 saturated heterocycles. The molecule has 2 N–H and O–H groups in total. The van der Waals surface area contributed by atoms with Gasteiger partial charge in [0.1, 0.15) is 5.75 Å². The van der Waals surface area contributed by atoms with Crippen LogP contribution in [0.15, 0.2) is 53.4 Å². The molecule has 1 aliphatic heterocycles. The van der Waals surface area contributed by atoms with Crippen LogP contribution in [0.25, 0.3) is 0 Å². The number of hydrogen-bond acceptors (Lipinski definition) is 5. The van der Waals surface area contributed by atoms with E-state index in [1.54, 1.807) is 0 Å².